The maximum absolute atomic E-state index is 11.9. The van der Waals surface area contributed by atoms with E-state index in [4.69, 9.17) is 0 Å². The van der Waals surface area contributed by atoms with Gasteiger partial charge >= 0.3 is 0 Å². The molecule has 2 rings (SSSR count). The normalized spacial score (nSPS) is 27.6. The lowest BCUT2D eigenvalue weighted by Gasteiger charge is -2.28. The van der Waals surface area contributed by atoms with E-state index in [0.29, 0.717) is 13.1 Å². The predicted octanol–water partition coefficient (Wildman–Crippen LogP) is -1.45. The number of piperazine rings is 1. The van der Waals surface area contributed by atoms with Gasteiger partial charge in [-0.2, -0.15) is 0 Å². The Hall–Kier alpha value is -1.10. The molecule has 1 atom stereocenters. The van der Waals surface area contributed by atoms with Crippen LogP contribution in [0.4, 0.5) is 0 Å². The average Bonchev–Trinajstić information content (AvgIpc) is 2.69. The van der Waals surface area contributed by atoms with E-state index in [1.165, 1.54) is 0 Å². The fraction of sp³-hybridized carbons (Fsp3) is 0.778. The molecule has 0 aromatic heterocycles. The van der Waals surface area contributed by atoms with Crippen LogP contribution in [0.3, 0.4) is 0 Å². The molecule has 5 nitrogen and oxygen atoms in total. The summed E-state index contributed by atoms with van der Waals surface area (Å²) in [6.45, 7) is 3.15. The third kappa shape index (κ3) is 1.87. The minimum atomic E-state index is -0.0458. The number of nitrogens with one attached hydrogen (secondary N) is 2. The molecule has 5 heteroatoms. The molecule has 2 N–H and O–H groups in total. The van der Waals surface area contributed by atoms with Gasteiger partial charge in [-0.1, -0.05) is 0 Å². The molecule has 2 saturated heterocycles. The zero-order valence-corrected chi connectivity index (χ0v) is 8.08. The molecule has 0 spiro atoms. The van der Waals surface area contributed by atoms with Crippen LogP contribution in [0.2, 0.25) is 0 Å². The third-order valence-electron chi connectivity index (χ3n) is 2.76. The summed E-state index contributed by atoms with van der Waals surface area (Å²) in [6, 6.07) is 0. The molecule has 2 amide bonds. The van der Waals surface area contributed by atoms with E-state index in [9.17, 15) is 9.59 Å². The second-order valence-corrected chi connectivity index (χ2v) is 3.80. The summed E-state index contributed by atoms with van der Waals surface area (Å²) in [5.41, 5.74) is 0. The fourth-order valence-corrected chi connectivity index (χ4v) is 1.95. The maximum atomic E-state index is 11.9. The van der Waals surface area contributed by atoms with Crippen LogP contribution in [0.5, 0.6) is 0 Å². The molecule has 0 unspecified atom stereocenters. The molecule has 0 radical (unpaired) electrons. The van der Waals surface area contributed by atoms with Crippen LogP contribution < -0.4 is 10.6 Å². The van der Waals surface area contributed by atoms with Gasteiger partial charge in [-0.25, -0.2) is 0 Å². The largest absolute Gasteiger partial charge is 0.353 e. The molecule has 78 valence electrons. The van der Waals surface area contributed by atoms with Gasteiger partial charge in [0.25, 0.3) is 0 Å². The minimum absolute atomic E-state index is 0.0458. The SMILES string of the molecule is O=C1CN(C(=O)[C@H]2CCNC2)CCN1. The van der Waals surface area contributed by atoms with Gasteiger partial charge in [-0.15, -0.1) is 0 Å². The van der Waals surface area contributed by atoms with Crippen molar-refractivity contribution in [2.45, 2.75) is 6.42 Å². The Morgan fingerprint density at radius 1 is 1.43 bits per heavy atom. The zero-order chi connectivity index (χ0) is 9.97. The predicted molar refractivity (Wildman–Crippen MR) is 50.6 cm³/mol. The molecule has 2 fully saturated rings. The van der Waals surface area contributed by atoms with Gasteiger partial charge in [0.2, 0.25) is 11.8 Å². The number of carbonyl (C=O) groups is 2. The fourth-order valence-electron chi connectivity index (χ4n) is 1.95. The second kappa shape index (κ2) is 3.96. The highest BCUT2D eigenvalue weighted by atomic mass is 16.2. The Morgan fingerprint density at radius 2 is 2.29 bits per heavy atom. The first-order valence-corrected chi connectivity index (χ1v) is 5.03. The lowest BCUT2D eigenvalue weighted by molar-refractivity contribution is -0.140. The Kier molecular flexibility index (Phi) is 2.67. The van der Waals surface area contributed by atoms with Crippen molar-refractivity contribution in [1.82, 2.24) is 15.5 Å². The van der Waals surface area contributed by atoms with E-state index < -0.39 is 0 Å². The van der Waals surface area contributed by atoms with Crippen LogP contribution in [-0.4, -0.2) is 49.4 Å². The molecular formula is C9H15N3O2. The van der Waals surface area contributed by atoms with Crippen molar-refractivity contribution in [1.29, 1.82) is 0 Å². The smallest absolute Gasteiger partial charge is 0.239 e. The summed E-state index contributed by atoms with van der Waals surface area (Å²) in [7, 11) is 0. The molecule has 0 bridgehead atoms. The average molecular weight is 197 g/mol. The van der Waals surface area contributed by atoms with Crippen LogP contribution >= 0.6 is 0 Å². The molecule has 2 aliphatic heterocycles. The standard InChI is InChI=1S/C9H15N3O2/c13-8-6-12(4-3-11-8)9(14)7-1-2-10-5-7/h7,10H,1-6H2,(H,11,13)/t7-/m0/s1. The number of nitrogens with zero attached hydrogens (tertiary/aromatic N) is 1. The highest BCUT2D eigenvalue weighted by molar-refractivity contribution is 5.87. The first kappa shape index (κ1) is 9.45. The molecule has 0 saturated carbocycles. The van der Waals surface area contributed by atoms with Gasteiger partial charge in [-0.05, 0) is 13.0 Å². The van der Waals surface area contributed by atoms with Gasteiger partial charge in [-0.3, -0.25) is 9.59 Å². The third-order valence-corrected chi connectivity index (χ3v) is 2.76. The van der Waals surface area contributed by atoms with E-state index in [1.54, 1.807) is 4.90 Å². The van der Waals surface area contributed by atoms with Crippen molar-refractivity contribution in [3.63, 3.8) is 0 Å². The van der Waals surface area contributed by atoms with Crippen molar-refractivity contribution in [2.24, 2.45) is 5.92 Å². The Bertz CT molecular complexity index is 248. The monoisotopic (exact) mass is 197 g/mol. The number of amides is 2. The van der Waals surface area contributed by atoms with E-state index >= 15 is 0 Å². The van der Waals surface area contributed by atoms with Crippen molar-refractivity contribution in [3.8, 4) is 0 Å². The first-order chi connectivity index (χ1) is 6.77. The van der Waals surface area contributed by atoms with Gasteiger partial charge in [0.15, 0.2) is 0 Å². The van der Waals surface area contributed by atoms with Gasteiger partial charge in [0, 0.05) is 19.6 Å². The summed E-state index contributed by atoms with van der Waals surface area (Å²) >= 11 is 0. The van der Waals surface area contributed by atoms with Crippen molar-refractivity contribution >= 4 is 11.8 Å². The van der Waals surface area contributed by atoms with E-state index in [0.717, 1.165) is 19.5 Å². The molecule has 0 aromatic rings. The van der Waals surface area contributed by atoms with Crippen molar-refractivity contribution in [2.75, 3.05) is 32.7 Å². The number of carbonyl (C=O) groups excluding carboxylic acids is 2. The molecule has 2 aliphatic rings. The topological polar surface area (TPSA) is 61.4 Å². The van der Waals surface area contributed by atoms with E-state index in [1.807, 2.05) is 0 Å². The summed E-state index contributed by atoms with van der Waals surface area (Å²) in [4.78, 5) is 24.6. The number of hydrogen-bond acceptors (Lipinski definition) is 3. The second-order valence-electron chi connectivity index (χ2n) is 3.80. The first-order valence-electron chi connectivity index (χ1n) is 5.03. The molecular weight excluding hydrogens is 182 g/mol. The Morgan fingerprint density at radius 3 is 2.93 bits per heavy atom. The van der Waals surface area contributed by atoms with Crippen molar-refractivity contribution in [3.05, 3.63) is 0 Å². The lowest BCUT2D eigenvalue weighted by atomic mass is 10.1. The summed E-state index contributed by atoms with van der Waals surface area (Å²) in [6.07, 6.45) is 0.900. The Labute approximate surface area is 82.8 Å². The minimum Gasteiger partial charge on any atom is -0.353 e. The summed E-state index contributed by atoms with van der Waals surface area (Å²) in [5, 5.41) is 5.86. The number of rotatable bonds is 1. The molecule has 0 aliphatic carbocycles. The van der Waals surface area contributed by atoms with Gasteiger partial charge < -0.3 is 15.5 Å². The van der Waals surface area contributed by atoms with E-state index in [2.05, 4.69) is 10.6 Å². The highest BCUT2D eigenvalue weighted by Gasteiger charge is 2.29. The van der Waals surface area contributed by atoms with Crippen LogP contribution in [0.1, 0.15) is 6.42 Å². The summed E-state index contributed by atoms with van der Waals surface area (Å²) in [5.74, 6) is 0.168. The van der Waals surface area contributed by atoms with Crippen LogP contribution in [-0.2, 0) is 9.59 Å². The van der Waals surface area contributed by atoms with Crippen LogP contribution in [0.25, 0.3) is 0 Å². The molecule has 14 heavy (non-hydrogen) atoms. The van der Waals surface area contributed by atoms with Crippen molar-refractivity contribution < 1.29 is 9.59 Å². The quantitative estimate of drug-likeness (QED) is 0.541. The van der Waals surface area contributed by atoms with Crippen LogP contribution in [0.15, 0.2) is 0 Å². The Balaban J connectivity index is 1.92. The number of hydrogen-bond donors (Lipinski definition) is 2. The summed E-state index contributed by atoms with van der Waals surface area (Å²) < 4.78 is 0. The van der Waals surface area contributed by atoms with Crippen LogP contribution in [0, 0.1) is 5.92 Å². The molecule has 2 heterocycles. The maximum Gasteiger partial charge on any atom is 0.239 e. The van der Waals surface area contributed by atoms with E-state index in [-0.39, 0.29) is 24.3 Å². The lowest BCUT2D eigenvalue weighted by Crippen LogP contribution is -2.51. The van der Waals surface area contributed by atoms with Gasteiger partial charge in [0.05, 0.1) is 12.5 Å². The zero-order valence-electron chi connectivity index (χ0n) is 8.08. The highest BCUT2D eigenvalue weighted by Crippen LogP contribution is 2.12. The molecule has 0 aromatic carbocycles. The van der Waals surface area contributed by atoms with Gasteiger partial charge in [0.1, 0.15) is 0 Å².